The fraction of sp³-hybridized carbons (Fsp3) is 0.364. The molecular formula is C11H14N2S. The number of amidine groups is 1. The van der Waals surface area contributed by atoms with Crippen LogP contribution in [-0.4, -0.2) is 21.9 Å². The lowest BCUT2D eigenvalue weighted by molar-refractivity contribution is 0.435. The molecule has 1 unspecified atom stereocenters. The molecule has 0 radical (unpaired) electrons. The van der Waals surface area contributed by atoms with Crippen LogP contribution in [0.25, 0.3) is 0 Å². The predicted octanol–water partition coefficient (Wildman–Crippen LogP) is 2.56. The second-order valence-corrected chi connectivity index (χ2v) is 5.03. The first kappa shape index (κ1) is 9.59. The zero-order valence-electron chi connectivity index (χ0n) is 8.23. The second-order valence-electron chi connectivity index (χ2n) is 3.60. The van der Waals surface area contributed by atoms with E-state index in [1.54, 1.807) is 11.8 Å². The molecule has 1 fully saturated rings. The largest absolute Gasteiger partial charge is 0.346 e. The molecule has 2 nitrogen and oxygen atoms in total. The Morgan fingerprint density at radius 1 is 1.43 bits per heavy atom. The van der Waals surface area contributed by atoms with Crippen molar-refractivity contribution in [2.24, 2.45) is 0 Å². The number of hydrogen-bond donors (Lipinski definition) is 1. The monoisotopic (exact) mass is 206 g/mol. The molecule has 0 aromatic heterocycles. The minimum Gasteiger partial charge on any atom is -0.346 e. The molecule has 74 valence electrons. The molecule has 0 bridgehead atoms. The van der Waals surface area contributed by atoms with Crippen LogP contribution in [0.5, 0.6) is 0 Å². The number of rotatable bonds is 2. The van der Waals surface area contributed by atoms with E-state index in [-0.39, 0.29) is 0 Å². The van der Waals surface area contributed by atoms with Gasteiger partial charge in [0.1, 0.15) is 0 Å². The molecule has 0 saturated carbocycles. The highest BCUT2D eigenvalue weighted by Gasteiger charge is 2.23. The Kier molecular flexibility index (Phi) is 2.77. The molecule has 1 N–H and O–H groups in total. The molecule has 1 aromatic carbocycles. The van der Waals surface area contributed by atoms with Gasteiger partial charge in [0.25, 0.3) is 0 Å². The summed E-state index contributed by atoms with van der Waals surface area (Å²) in [5.74, 6) is 0. The third-order valence-electron chi connectivity index (χ3n) is 2.29. The van der Waals surface area contributed by atoms with Crippen LogP contribution in [0.1, 0.15) is 12.5 Å². The van der Waals surface area contributed by atoms with Crippen molar-refractivity contribution in [3.63, 3.8) is 0 Å². The van der Waals surface area contributed by atoms with Crippen LogP contribution in [0.15, 0.2) is 30.3 Å². The SMILES string of the molecule is CC1CN(Cc2ccccc2)C(=N)S1. The highest BCUT2D eigenvalue weighted by atomic mass is 32.2. The predicted molar refractivity (Wildman–Crippen MR) is 61.6 cm³/mol. The summed E-state index contributed by atoms with van der Waals surface area (Å²) in [5, 5.41) is 9.05. The van der Waals surface area contributed by atoms with E-state index in [0.717, 1.165) is 13.1 Å². The maximum absolute atomic E-state index is 7.77. The lowest BCUT2D eigenvalue weighted by Crippen LogP contribution is -2.24. The van der Waals surface area contributed by atoms with Crippen LogP contribution in [0.2, 0.25) is 0 Å². The number of hydrogen-bond acceptors (Lipinski definition) is 2. The molecule has 1 saturated heterocycles. The average Bonchev–Trinajstić information content (AvgIpc) is 2.47. The zero-order valence-corrected chi connectivity index (χ0v) is 9.05. The van der Waals surface area contributed by atoms with Gasteiger partial charge < -0.3 is 4.90 Å². The van der Waals surface area contributed by atoms with Crippen molar-refractivity contribution >= 4 is 16.9 Å². The Morgan fingerprint density at radius 3 is 2.71 bits per heavy atom. The van der Waals surface area contributed by atoms with E-state index in [0.29, 0.717) is 10.4 Å². The van der Waals surface area contributed by atoms with Crippen molar-refractivity contribution in [2.45, 2.75) is 18.7 Å². The van der Waals surface area contributed by atoms with Gasteiger partial charge in [-0.2, -0.15) is 0 Å². The molecule has 1 heterocycles. The molecular weight excluding hydrogens is 192 g/mol. The number of nitrogens with one attached hydrogen (secondary N) is 1. The minimum absolute atomic E-state index is 0.561. The number of thioether (sulfide) groups is 1. The quantitative estimate of drug-likeness (QED) is 0.805. The number of benzene rings is 1. The van der Waals surface area contributed by atoms with Crippen molar-refractivity contribution in [2.75, 3.05) is 6.54 Å². The van der Waals surface area contributed by atoms with Gasteiger partial charge in [-0.3, -0.25) is 5.41 Å². The Balaban J connectivity index is 2.02. The zero-order chi connectivity index (χ0) is 9.97. The average molecular weight is 206 g/mol. The van der Waals surface area contributed by atoms with Gasteiger partial charge in [-0.1, -0.05) is 49.0 Å². The second kappa shape index (κ2) is 4.05. The van der Waals surface area contributed by atoms with Gasteiger partial charge in [0.2, 0.25) is 0 Å². The van der Waals surface area contributed by atoms with Gasteiger partial charge in [-0.25, -0.2) is 0 Å². The summed E-state index contributed by atoms with van der Waals surface area (Å²) >= 11 is 1.66. The summed E-state index contributed by atoms with van der Waals surface area (Å²) in [6.07, 6.45) is 0. The Morgan fingerprint density at radius 2 is 2.14 bits per heavy atom. The minimum atomic E-state index is 0.561. The summed E-state index contributed by atoms with van der Waals surface area (Å²) in [7, 11) is 0. The standard InChI is InChI=1S/C11H14N2S/c1-9-7-13(11(12)14-9)8-10-5-3-2-4-6-10/h2-6,9,12H,7-8H2,1H3. The Labute approximate surface area is 88.8 Å². The van der Waals surface area contributed by atoms with Crippen LogP contribution in [-0.2, 0) is 6.54 Å². The summed E-state index contributed by atoms with van der Waals surface area (Å²) in [6.45, 7) is 4.04. The summed E-state index contributed by atoms with van der Waals surface area (Å²) in [4.78, 5) is 2.13. The van der Waals surface area contributed by atoms with Crippen LogP contribution >= 0.6 is 11.8 Å². The number of nitrogens with zero attached hydrogens (tertiary/aromatic N) is 1. The molecule has 1 atom stereocenters. The summed E-state index contributed by atoms with van der Waals surface area (Å²) < 4.78 is 0. The lowest BCUT2D eigenvalue weighted by Gasteiger charge is -2.16. The van der Waals surface area contributed by atoms with Crippen molar-refractivity contribution < 1.29 is 0 Å². The van der Waals surface area contributed by atoms with Gasteiger partial charge in [0, 0.05) is 18.3 Å². The smallest absolute Gasteiger partial charge is 0.157 e. The van der Waals surface area contributed by atoms with Gasteiger partial charge in [-0.15, -0.1) is 0 Å². The highest BCUT2D eigenvalue weighted by molar-refractivity contribution is 8.14. The van der Waals surface area contributed by atoms with Gasteiger partial charge in [0.05, 0.1) is 0 Å². The van der Waals surface area contributed by atoms with E-state index in [1.165, 1.54) is 5.56 Å². The first-order valence-electron chi connectivity index (χ1n) is 4.80. The first-order valence-corrected chi connectivity index (χ1v) is 5.68. The van der Waals surface area contributed by atoms with Gasteiger partial charge >= 0.3 is 0 Å². The first-order chi connectivity index (χ1) is 6.75. The molecule has 14 heavy (non-hydrogen) atoms. The molecule has 2 rings (SSSR count). The van der Waals surface area contributed by atoms with Crippen molar-refractivity contribution in [3.8, 4) is 0 Å². The van der Waals surface area contributed by atoms with Crippen LogP contribution in [0, 0.1) is 5.41 Å². The lowest BCUT2D eigenvalue weighted by atomic mass is 10.2. The van der Waals surface area contributed by atoms with Crippen molar-refractivity contribution in [3.05, 3.63) is 35.9 Å². The third kappa shape index (κ3) is 2.10. The molecule has 0 spiro atoms. The molecule has 0 amide bonds. The topological polar surface area (TPSA) is 27.1 Å². The highest BCUT2D eigenvalue weighted by Crippen LogP contribution is 2.25. The van der Waals surface area contributed by atoms with Crippen LogP contribution < -0.4 is 0 Å². The third-order valence-corrected chi connectivity index (χ3v) is 3.33. The molecule has 0 aliphatic carbocycles. The Bertz CT molecular complexity index is 323. The fourth-order valence-corrected chi connectivity index (χ4v) is 2.56. The maximum atomic E-state index is 7.77. The van der Waals surface area contributed by atoms with Gasteiger partial charge in [-0.05, 0) is 5.56 Å². The van der Waals surface area contributed by atoms with Gasteiger partial charge in [0.15, 0.2) is 5.17 Å². The van der Waals surface area contributed by atoms with Crippen LogP contribution in [0.3, 0.4) is 0 Å². The van der Waals surface area contributed by atoms with E-state index in [1.807, 2.05) is 18.2 Å². The van der Waals surface area contributed by atoms with Crippen molar-refractivity contribution in [1.82, 2.24) is 4.90 Å². The van der Waals surface area contributed by atoms with Crippen molar-refractivity contribution in [1.29, 1.82) is 5.41 Å². The summed E-state index contributed by atoms with van der Waals surface area (Å²) in [6, 6.07) is 10.3. The van der Waals surface area contributed by atoms with E-state index in [4.69, 9.17) is 5.41 Å². The fourth-order valence-electron chi connectivity index (χ4n) is 1.64. The Hall–Kier alpha value is -0.960. The van der Waals surface area contributed by atoms with E-state index in [2.05, 4.69) is 24.0 Å². The maximum Gasteiger partial charge on any atom is 0.157 e. The van der Waals surface area contributed by atoms with E-state index < -0.39 is 0 Å². The molecule has 1 aliphatic heterocycles. The van der Waals surface area contributed by atoms with Crippen LogP contribution in [0.4, 0.5) is 0 Å². The molecule has 1 aromatic rings. The molecule has 1 aliphatic rings. The van der Waals surface area contributed by atoms with E-state index >= 15 is 0 Å². The van der Waals surface area contributed by atoms with E-state index in [9.17, 15) is 0 Å². The molecule has 3 heteroatoms. The summed E-state index contributed by atoms with van der Waals surface area (Å²) in [5.41, 5.74) is 1.28. The normalized spacial score (nSPS) is 21.6.